The van der Waals surface area contributed by atoms with Crippen LogP contribution < -0.4 is 5.32 Å². The number of amides is 1. The molecular weight excluding hydrogens is 362 g/mol. The molecule has 0 aliphatic carbocycles. The number of ether oxygens (including phenoxy) is 3. The predicted octanol–water partition coefficient (Wildman–Crippen LogP) is 3.75. The first-order valence-electron chi connectivity index (χ1n) is 9.48. The Bertz CT molecular complexity index is 624. The van der Waals surface area contributed by atoms with E-state index in [-0.39, 0.29) is 12.6 Å². The third kappa shape index (κ3) is 10.5. The summed E-state index contributed by atoms with van der Waals surface area (Å²) >= 11 is 0. The lowest BCUT2D eigenvalue weighted by Crippen LogP contribution is -2.44. The van der Waals surface area contributed by atoms with E-state index in [2.05, 4.69) is 5.32 Å². The Morgan fingerprint density at radius 3 is 2.32 bits per heavy atom. The van der Waals surface area contributed by atoms with Crippen LogP contribution in [0.2, 0.25) is 0 Å². The Morgan fingerprint density at radius 1 is 1.04 bits per heavy atom. The normalized spacial score (nSPS) is 12.0. The Hall–Kier alpha value is -2.57. The molecule has 7 heteroatoms. The van der Waals surface area contributed by atoms with Gasteiger partial charge in [0, 0.05) is 6.42 Å². The van der Waals surface area contributed by atoms with E-state index in [1.807, 2.05) is 30.3 Å². The van der Waals surface area contributed by atoms with Crippen LogP contribution in [-0.4, -0.2) is 36.8 Å². The zero-order valence-electron chi connectivity index (χ0n) is 17.2. The number of carbonyl (C=O) groups excluding carboxylic acids is 3. The summed E-state index contributed by atoms with van der Waals surface area (Å²) in [7, 11) is 1.27. The fourth-order valence-electron chi connectivity index (χ4n) is 2.45. The first-order chi connectivity index (χ1) is 13.2. The molecule has 1 aromatic carbocycles. The summed E-state index contributed by atoms with van der Waals surface area (Å²) in [5, 5.41) is 2.54. The van der Waals surface area contributed by atoms with Crippen molar-refractivity contribution in [3.05, 3.63) is 35.9 Å². The van der Waals surface area contributed by atoms with E-state index in [0.29, 0.717) is 25.7 Å². The van der Waals surface area contributed by atoms with Gasteiger partial charge in [0.2, 0.25) is 0 Å². The standard InChI is InChI=1S/C21H31NO6/c1-21(2,3)28-20(25)22-17(19(24)26-4)13-9-6-10-14-18(23)27-15-16-11-7-5-8-12-16/h5,7-8,11-12,17H,6,9-10,13-15H2,1-4H3,(H,22,25)/t17-/m0/s1. The highest BCUT2D eigenvalue weighted by Gasteiger charge is 2.24. The topological polar surface area (TPSA) is 90.9 Å². The minimum atomic E-state index is -0.773. The van der Waals surface area contributed by atoms with Gasteiger partial charge in [-0.05, 0) is 39.2 Å². The van der Waals surface area contributed by atoms with E-state index < -0.39 is 23.7 Å². The van der Waals surface area contributed by atoms with Crippen molar-refractivity contribution in [3.8, 4) is 0 Å². The van der Waals surface area contributed by atoms with Gasteiger partial charge < -0.3 is 19.5 Å². The summed E-state index contributed by atoms with van der Waals surface area (Å²) in [6, 6.07) is 8.73. The summed E-state index contributed by atoms with van der Waals surface area (Å²) in [5.74, 6) is -0.770. The fraction of sp³-hybridized carbons (Fsp3) is 0.571. The molecule has 7 nitrogen and oxygen atoms in total. The molecule has 156 valence electrons. The molecule has 1 atom stereocenters. The number of hydrogen-bond acceptors (Lipinski definition) is 6. The molecule has 0 bridgehead atoms. The van der Waals surface area contributed by atoms with Gasteiger partial charge in [0.15, 0.2) is 0 Å². The van der Waals surface area contributed by atoms with Gasteiger partial charge in [-0.15, -0.1) is 0 Å². The van der Waals surface area contributed by atoms with Gasteiger partial charge in [-0.1, -0.05) is 43.2 Å². The van der Waals surface area contributed by atoms with Gasteiger partial charge in [0.1, 0.15) is 18.2 Å². The number of methoxy groups -OCH3 is 1. The van der Waals surface area contributed by atoms with E-state index in [9.17, 15) is 14.4 Å². The summed E-state index contributed by atoms with van der Waals surface area (Å²) in [6.07, 6.45) is 2.09. The van der Waals surface area contributed by atoms with E-state index in [1.54, 1.807) is 20.8 Å². The largest absolute Gasteiger partial charge is 0.467 e. The second-order valence-electron chi connectivity index (χ2n) is 7.47. The molecule has 0 unspecified atom stereocenters. The highest BCUT2D eigenvalue weighted by molar-refractivity contribution is 5.81. The molecule has 28 heavy (non-hydrogen) atoms. The van der Waals surface area contributed by atoms with Crippen LogP contribution in [0.25, 0.3) is 0 Å². The first kappa shape index (κ1) is 23.5. The molecule has 0 saturated heterocycles. The second kappa shape index (κ2) is 12.0. The van der Waals surface area contributed by atoms with Crippen molar-refractivity contribution in [2.45, 2.75) is 71.1 Å². The summed E-state index contributed by atoms with van der Waals surface area (Å²) in [4.78, 5) is 35.5. The van der Waals surface area contributed by atoms with Crippen LogP contribution in [0.4, 0.5) is 4.79 Å². The molecule has 0 radical (unpaired) electrons. The Balaban J connectivity index is 2.27. The van der Waals surface area contributed by atoms with Crippen LogP contribution >= 0.6 is 0 Å². The van der Waals surface area contributed by atoms with Crippen molar-refractivity contribution in [1.82, 2.24) is 5.32 Å². The molecule has 0 fully saturated rings. The van der Waals surface area contributed by atoms with Crippen molar-refractivity contribution in [3.63, 3.8) is 0 Å². The average molecular weight is 393 g/mol. The van der Waals surface area contributed by atoms with Crippen LogP contribution in [0.1, 0.15) is 58.4 Å². The number of benzene rings is 1. The fourth-order valence-corrected chi connectivity index (χ4v) is 2.45. The monoisotopic (exact) mass is 393 g/mol. The average Bonchev–Trinajstić information content (AvgIpc) is 2.63. The zero-order chi connectivity index (χ0) is 21.0. The van der Waals surface area contributed by atoms with Crippen molar-refractivity contribution in [2.24, 2.45) is 0 Å². The first-order valence-corrected chi connectivity index (χ1v) is 9.48. The lowest BCUT2D eigenvalue weighted by Gasteiger charge is -2.22. The highest BCUT2D eigenvalue weighted by Crippen LogP contribution is 2.11. The number of nitrogens with one attached hydrogen (secondary N) is 1. The van der Waals surface area contributed by atoms with Gasteiger partial charge in [0.05, 0.1) is 7.11 Å². The van der Waals surface area contributed by atoms with E-state index in [4.69, 9.17) is 14.2 Å². The number of carbonyl (C=O) groups is 3. The minimum Gasteiger partial charge on any atom is -0.467 e. The van der Waals surface area contributed by atoms with Crippen molar-refractivity contribution < 1.29 is 28.6 Å². The molecule has 0 aliphatic rings. The molecule has 1 aromatic rings. The quantitative estimate of drug-likeness (QED) is 0.370. The summed E-state index contributed by atoms with van der Waals surface area (Å²) in [6.45, 7) is 5.51. The summed E-state index contributed by atoms with van der Waals surface area (Å²) < 4.78 is 15.1. The Kier molecular flexibility index (Phi) is 10.1. The molecule has 0 aromatic heterocycles. The van der Waals surface area contributed by atoms with Crippen molar-refractivity contribution in [2.75, 3.05) is 7.11 Å². The molecule has 0 spiro atoms. The number of unbranched alkanes of at least 4 members (excludes halogenated alkanes) is 2. The molecular formula is C21H31NO6. The van der Waals surface area contributed by atoms with Crippen LogP contribution in [0, 0.1) is 0 Å². The zero-order valence-corrected chi connectivity index (χ0v) is 17.2. The van der Waals surface area contributed by atoms with E-state index >= 15 is 0 Å². The molecule has 0 heterocycles. The van der Waals surface area contributed by atoms with E-state index in [0.717, 1.165) is 12.0 Å². The molecule has 1 amide bonds. The van der Waals surface area contributed by atoms with Crippen LogP contribution in [0.15, 0.2) is 30.3 Å². The van der Waals surface area contributed by atoms with Gasteiger partial charge in [-0.3, -0.25) is 4.79 Å². The maximum Gasteiger partial charge on any atom is 0.408 e. The number of hydrogen-bond donors (Lipinski definition) is 1. The number of alkyl carbamates (subject to hydrolysis) is 1. The van der Waals surface area contributed by atoms with Gasteiger partial charge in [-0.25, -0.2) is 9.59 Å². The van der Waals surface area contributed by atoms with Gasteiger partial charge in [0.25, 0.3) is 0 Å². The molecule has 0 aliphatic heterocycles. The summed E-state index contributed by atoms with van der Waals surface area (Å²) in [5.41, 5.74) is 0.301. The lowest BCUT2D eigenvalue weighted by molar-refractivity contribution is -0.145. The number of rotatable bonds is 10. The van der Waals surface area contributed by atoms with Gasteiger partial charge >= 0.3 is 18.0 Å². The second-order valence-corrected chi connectivity index (χ2v) is 7.47. The number of esters is 2. The Morgan fingerprint density at radius 2 is 1.71 bits per heavy atom. The third-order valence-corrected chi connectivity index (χ3v) is 3.79. The maximum absolute atomic E-state index is 11.9. The van der Waals surface area contributed by atoms with Crippen molar-refractivity contribution in [1.29, 1.82) is 0 Å². The minimum absolute atomic E-state index is 0.250. The van der Waals surface area contributed by atoms with Crippen LogP contribution in [0.3, 0.4) is 0 Å². The molecule has 1 rings (SSSR count). The third-order valence-electron chi connectivity index (χ3n) is 3.79. The van der Waals surface area contributed by atoms with Crippen LogP contribution in [0.5, 0.6) is 0 Å². The SMILES string of the molecule is COC(=O)[C@H](CCCCCC(=O)OCc1ccccc1)NC(=O)OC(C)(C)C. The highest BCUT2D eigenvalue weighted by atomic mass is 16.6. The maximum atomic E-state index is 11.9. The molecule has 1 N–H and O–H groups in total. The smallest absolute Gasteiger partial charge is 0.408 e. The molecule has 0 saturated carbocycles. The van der Waals surface area contributed by atoms with Gasteiger partial charge in [-0.2, -0.15) is 0 Å². The predicted molar refractivity (Wildman–Crippen MR) is 104 cm³/mol. The van der Waals surface area contributed by atoms with Crippen molar-refractivity contribution >= 4 is 18.0 Å². The van der Waals surface area contributed by atoms with E-state index in [1.165, 1.54) is 7.11 Å². The lowest BCUT2D eigenvalue weighted by atomic mass is 10.1. The van der Waals surface area contributed by atoms with Crippen LogP contribution in [-0.2, 0) is 30.4 Å². The Labute approximate surface area is 166 Å².